The topological polar surface area (TPSA) is 51.3 Å². The lowest BCUT2D eigenvalue weighted by molar-refractivity contribution is 0.0985. The lowest BCUT2D eigenvalue weighted by atomic mass is 9.85. The molecule has 0 radical (unpaired) electrons. The zero-order chi connectivity index (χ0) is 27.6. The number of nitrogens with zero attached hydrogens (tertiary/aromatic N) is 3. The first-order valence-corrected chi connectivity index (χ1v) is 13.7. The Morgan fingerprint density at radius 2 is 1.77 bits per heavy atom. The molecule has 0 spiro atoms. The van der Waals surface area contributed by atoms with Gasteiger partial charge in [-0.05, 0) is 78.1 Å². The van der Waals surface area contributed by atoms with Crippen molar-refractivity contribution in [2.24, 2.45) is 5.92 Å². The van der Waals surface area contributed by atoms with Gasteiger partial charge in [0, 0.05) is 6.42 Å². The molecule has 1 atom stereocenters. The molecule has 1 N–H and O–H groups in total. The molecule has 1 heterocycles. The average molecular weight is 517 g/mol. The first kappa shape index (κ1) is 26.6. The third kappa shape index (κ3) is 6.35. The second kappa shape index (κ2) is 11.0. The van der Waals surface area contributed by atoms with E-state index in [9.17, 15) is 4.79 Å². The summed E-state index contributed by atoms with van der Waals surface area (Å²) in [7, 11) is 0. The minimum absolute atomic E-state index is 0.00187. The van der Waals surface area contributed by atoms with Crippen molar-refractivity contribution in [2.45, 2.75) is 58.4 Å². The summed E-state index contributed by atoms with van der Waals surface area (Å²) in [4.78, 5) is 17.1. The number of hydrogen-bond donors (Lipinski definition) is 1. The van der Waals surface area contributed by atoms with Gasteiger partial charge in [-0.1, -0.05) is 81.4 Å². The van der Waals surface area contributed by atoms with Crippen molar-refractivity contribution in [3.63, 3.8) is 0 Å². The molecule has 3 aromatic carbocycles. The minimum Gasteiger partial charge on any atom is -0.306 e. The molecule has 198 valence electrons. The van der Waals surface area contributed by atoms with Crippen LogP contribution in [-0.4, -0.2) is 22.1 Å². The summed E-state index contributed by atoms with van der Waals surface area (Å²) in [5, 5.41) is 8.36. The van der Waals surface area contributed by atoms with Gasteiger partial charge in [-0.3, -0.25) is 4.79 Å². The predicted molar refractivity (Wildman–Crippen MR) is 157 cm³/mol. The summed E-state index contributed by atoms with van der Waals surface area (Å²) in [6, 6.07) is 26.4. The average Bonchev–Trinajstić information content (AvgIpc) is 3.67. The highest BCUT2D eigenvalue weighted by Crippen LogP contribution is 2.31. The molecule has 1 saturated carbocycles. The van der Waals surface area contributed by atoms with E-state index < -0.39 is 0 Å². The number of carbonyl (C=O) groups excluding carboxylic acids is 1. The first-order valence-electron chi connectivity index (χ1n) is 13.7. The van der Waals surface area contributed by atoms with E-state index in [-0.39, 0.29) is 23.7 Å². The summed E-state index contributed by atoms with van der Waals surface area (Å²) in [5.41, 5.74) is 7.34. The standard InChI is InChI=1S/C34H36N4O/c1-23-18-31(38(37-23)30-11-7-10-29(21-30)35-5)32(39)20-25-8-6-9-27(19-25)33(36-22-24-12-13-24)26-14-16-28(17-15-26)34(2,3)4/h6-11,14-19,21,24,33,36H,12-13,20,22H2,1-4H3. The second-order valence-corrected chi connectivity index (χ2v) is 11.7. The maximum Gasteiger partial charge on any atom is 0.189 e. The van der Waals surface area contributed by atoms with Gasteiger partial charge in [0.1, 0.15) is 5.69 Å². The lowest BCUT2D eigenvalue weighted by Gasteiger charge is -2.23. The maximum atomic E-state index is 13.5. The number of nitrogens with one attached hydrogen (secondary N) is 1. The monoisotopic (exact) mass is 516 g/mol. The molecule has 4 aromatic rings. The van der Waals surface area contributed by atoms with Gasteiger partial charge in [-0.25, -0.2) is 9.53 Å². The fourth-order valence-electron chi connectivity index (χ4n) is 4.96. The predicted octanol–water partition coefficient (Wildman–Crippen LogP) is 7.54. The molecule has 1 aliphatic carbocycles. The molecule has 5 heteroatoms. The Hall–Kier alpha value is -4.01. The largest absolute Gasteiger partial charge is 0.306 e. The molecule has 1 aliphatic rings. The van der Waals surface area contributed by atoms with Crippen molar-refractivity contribution in [3.05, 3.63) is 124 Å². The van der Waals surface area contributed by atoms with E-state index in [0.29, 0.717) is 11.4 Å². The highest BCUT2D eigenvalue weighted by Gasteiger charge is 2.24. The number of benzene rings is 3. The molecule has 0 aliphatic heterocycles. The van der Waals surface area contributed by atoms with Crippen LogP contribution in [-0.2, 0) is 11.8 Å². The lowest BCUT2D eigenvalue weighted by Crippen LogP contribution is -2.25. The number of rotatable bonds is 9. The van der Waals surface area contributed by atoms with Crippen LogP contribution in [0.25, 0.3) is 10.5 Å². The Kier molecular flexibility index (Phi) is 7.50. The third-order valence-electron chi connectivity index (χ3n) is 7.39. The quantitative estimate of drug-likeness (QED) is 0.185. The van der Waals surface area contributed by atoms with Crippen LogP contribution in [0.4, 0.5) is 5.69 Å². The molecular weight excluding hydrogens is 480 g/mol. The summed E-state index contributed by atoms with van der Waals surface area (Å²) in [6.45, 7) is 16.9. The smallest absolute Gasteiger partial charge is 0.189 e. The van der Waals surface area contributed by atoms with Gasteiger partial charge in [-0.2, -0.15) is 5.10 Å². The van der Waals surface area contributed by atoms with Gasteiger partial charge >= 0.3 is 0 Å². The second-order valence-electron chi connectivity index (χ2n) is 11.7. The van der Waals surface area contributed by atoms with Crippen LogP contribution in [0, 0.1) is 19.4 Å². The number of aromatic nitrogens is 2. The molecule has 1 fully saturated rings. The molecule has 0 bridgehead atoms. The number of ketones is 1. The van der Waals surface area contributed by atoms with E-state index in [2.05, 4.69) is 78.5 Å². The number of hydrogen-bond acceptors (Lipinski definition) is 3. The van der Waals surface area contributed by atoms with Crippen molar-refractivity contribution in [3.8, 4) is 5.69 Å². The van der Waals surface area contributed by atoms with E-state index in [1.54, 1.807) is 16.8 Å². The Morgan fingerprint density at radius 1 is 1.03 bits per heavy atom. The van der Waals surface area contributed by atoms with Crippen LogP contribution in [0.15, 0.2) is 78.9 Å². The molecule has 1 unspecified atom stereocenters. The molecule has 5 rings (SSSR count). The fraction of sp³-hybridized carbons (Fsp3) is 0.324. The van der Waals surface area contributed by atoms with Gasteiger partial charge in [0.05, 0.1) is 24.0 Å². The van der Waals surface area contributed by atoms with Gasteiger partial charge in [0.25, 0.3) is 0 Å². The van der Waals surface area contributed by atoms with Crippen molar-refractivity contribution in [1.82, 2.24) is 15.1 Å². The highest BCUT2D eigenvalue weighted by molar-refractivity contribution is 5.96. The van der Waals surface area contributed by atoms with Crippen LogP contribution < -0.4 is 5.32 Å². The maximum absolute atomic E-state index is 13.5. The number of Topliss-reactive ketones (excluding diaryl/α,β-unsaturated/α-hetero) is 1. The van der Waals surface area contributed by atoms with Gasteiger partial charge in [0.15, 0.2) is 11.5 Å². The van der Waals surface area contributed by atoms with Crippen LogP contribution in [0.3, 0.4) is 0 Å². The Balaban J connectivity index is 1.41. The summed E-state index contributed by atoms with van der Waals surface area (Å²) in [5.74, 6) is 0.758. The van der Waals surface area contributed by atoms with Gasteiger partial charge in [-0.15, -0.1) is 0 Å². The van der Waals surface area contributed by atoms with E-state index in [0.717, 1.165) is 29.4 Å². The zero-order valence-corrected chi connectivity index (χ0v) is 23.2. The van der Waals surface area contributed by atoms with E-state index in [1.807, 2.05) is 31.2 Å². The van der Waals surface area contributed by atoms with Crippen molar-refractivity contribution >= 4 is 11.5 Å². The van der Waals surface area contributed by atoms with Gasteiger partial charge < -0.3 is 5.32 Å². The van der Waals surface area contributed by atoms with Crippen molar-refractivity contribution in [2.75, 3.05) is 6.54 Å². The molecular formula is C34H36N4O. The third-order valence-corrected chi connectivity index (χ3v) is 7.39. The summed E-state index contributed by atoms with van der Waals surface area (Å²) in [6.07, 6.45) is 2.87. The minimum atomic E-state index is -0.00187. The van der Waals surface area contributed by atoms with E-state index in [1.165, 1.54) is 29.5 Å². The number of aryl methyl sites for hydroxylation is 1. The zero-order valence-electron chi connectivity index (χ0n) is 23.2. The molecule has 0 amide bonds. The highest BCUT2D eigenvalue weighted by atomic mass is 16.1. The van der Waals surface area contributed by atoms with Gasteiger partial charge in [0.2, 0.25) is 0 Å². The van der Waals surface area contributed by atoms with Crippen LogP contribution >= 0.6 is 0 Å². The van der Waals surface area contributed by atoms with E-state index in [4.69, 9.17) is 6.57 Å². The van der Waals surface area contributed by atoms with Crippen molar-refractivity contribution < 1.29 is 4.79 Å². The molecule has 0 saturated heterocycles. The Labute approximate surface area is 231 Å². The molecule has 1 aromatic heterocycles. The van der Waals surface area contributed by atoms with Crippen LogP contribution in [0.1, 0.15) is 78.1 Å². The first-order chi connectivity index (χ1) is 18.7. The number of carbonyl (C=O) groups is 1. The SMILES string of the molecule is [C-]#[N+]c1cccc(-n2nc(C)cc2C(=O)Cc2cccc(C(NCC3CC3)c3ccc(C(C)(C)C)cc3)c2)c1. The fourth-order valence-corrected chi connectivity index (χ4v) is 4.96. The van der Waals surface area contributed by atoms with Crippen molar-refractivity contribution in [1.29, 1.82) is 0 Å². The molecule has 39 heavy (non-hydrogen) atoms. The normalized spacial score (nSPS) is 14.1. The van der Waals surface area contributed by atoms with E-state index >= 15 is 0 Å². The van der Waals surface area contributed by atoms with Crippen LogP contribution in [0.2, 0.25) is 0 Å². The summed E-state index contributed by atoms with van der Waals surface area (Å²) < 4.78 is 1.66. The molecule has 5 nitrogen and oxygen atoms in total. The Morgan fingerprint density at radius 3 is 2.46 bits per heavy atom. The van der Waals surface area contributed by atoms with Crippen LogP contribution in [0.5, 0.6) is 0 Å². The Bertz CT molecular complexity index is 1510. The summed E-state index contributed by atoms with van der Waals surface area (Å²) >= 11 is 0.